The number of hydrogen-bond acceptors (Lipinski definition) is 5. The fraction of sp³-hybridized carbons (Fsp3) is 0.400. The van der Waals surface area contributed by atoms with Crippen LogP contribution >= 0.6 is 11.6 Å². The summed E-state index contributed by atoms with van der Waals surface area (Å²) in [6, 6.07) is 12.3. The van der Waals surface area contributed by atoms with Gasteiger partial charge < -0.3 is 24.4 Å². The summed E-state index contributed by atoms with van der Waals surface area (Å²) in [4.78, 5) is 2.17. The average molecular weight is 377 g/mol. The maximum Gasteiger partial charge on any atom is 0.179 e. The molecule has 0 saturated carbocycles. The number of fused-ring (bicyclic) bond motifs is 1. The number of nitrogens with one attached hydrogen (secondary N) is 1. The Morgan fingerprint density at radius 1 is 1.15 bits per heavy atom. The minimum atomic E-state index is 0.183. The lowest BCUT2D eigenvalue weighted by molar-refractivity contribution is 0.171. The van der Waals surface area contributed by atoms with E-state index in [1.165, 1.54) is 5.56 Å². The Hall–Kier alpha value is -1.95. The largest absolute Gasteiger partial charge is 0.497 e. The lowest BCUT2D eigenvalue weighted by Crippen LogP contribution is -2.31. The predicted octanol–water partition coefficient (Wildman–Crippen LogP) is 3.51. The molecule has 0 aliphatic carbocycles. The van der Waals surface area contributed by atoms with E-state index in [1.807, 2.05) is 24.3 Å². The van der Waals surface area contributed by atoms with Gasteiger partial charge in [-0.3, -0.25) is 0 Å². The number of rotatable bonds is 7. The Morgan fingerprint density at radius 2 is 1.88 bits per heavy atom. The van der Waals surface area contributed by atoms with Gasteiger partial charge in [0.05, 0.1) is 12.1 Å². The number of methoxy groups -OCH3 is 1. The number of hydrogen-bond donors (Lipinski definition) is 1. The van der Waals surface area contributed by atoms with Crippen molar-refractivity contribution in [1.82, 2.24) is 10.2 Å². The normalized spacial score (nSPS) is 14.3. The molecule has 1 atom stereocenters. The molecule has 0 radical (unpaired) electrons. The zero-order valence-electron chi connectivity index (χ0n) is 15.4. The van der Waals surface area contributed by atoms with Crippen molar-refractivity contribution in [1.29, 1.82) is 0 Å². The van der Waals surface area contributed by atoms with Gasteiger partial charge in [0.25, 0.3) is 0 Å². The van der Waals surface area contributed by atoms with Crippen LogP contribution < -0.4 is 19.5 Å². The molecule has 3 rings (SSSR count). The number of ether oxygens (including phenoxy) is 3. The van der Waals surface area contributed by atoms with Crippen molar-refractivity contribution in [3.63, 3.8) is 0 Å². The second kappa shape index (κ2) is 8.62. The molecule has 0 saturated heterocycles. The topological polar surface area (TPSA) is 43.0 Å². The first kappa shape index (κ1) is 18.8. The van der Waals surface area contributed by atoms with Crippen LogP contribution in [0.4, 0.5) is 0 Å². The van der Waals surface area contributed by atoms with Crippen LogP contribution in [-0.4, -0.2) is 45.9 Å². The van der Waals surface area contributed by atoms with Crippen LogP contribution in [0.3, 0.4) is 0 Å². The van der Waals surface area contributed by atoms with E-state index in [-0.39, 0.29) is 6.04 Å². The van der Waals surface area contributed by atoms with Gasteiger partial charge in [-0.2, -0.15) is 0 Å². The van der Waals surface area contributed by atoms with E-state index >= 15 is 0 Å². The van der Waals surface area contributed by atoms with Crippen molar-refractivity contribution in [2.45, 2.75) is 12.6 Å². The highest BCUT2D eigenvalue weighted by atomic mass is 35.5. The van der Waals surface area contributed by atoms with Crippen LogP contribution in [0.2, 0.25) is 5.02 Å². The van der Waals surface area contributed by atoms with Gasteiger partial charge in [0.2, 0.25) is 0 Å². The van der Waals surface area contributed by atoms with E-state index < -0.39 is 0 Å². The van der Waals surface area contributed by atoms with Gasteiger partial charge >= 0.3 is 0 Å². The molecule has 1 unspecified atom stereocenters. The van der Waals surface area contributed by atoms with Crippen molar-refractivity contribution in [3.05, 3.63) is 52.5 Å². The highest BCUT2D eigenvalue weighted by Crippen LogP contribution is 2.38. The third kappa shape index (κ3) is 4.61. The fourth-order valence-corrected chi connectivity index (χ4v) is 3.28. The second-order valence-electron chi connectivity index (χ2n) is 6.57. The molecule has 2 aromatic carbocycles. The van der Waals surface area contributed by atoms with E-state index in [0.717, 1.165) is 17.9 Å². The third-order valence-electron chi connectivity index (χ3n) is 4.28. The molecule has 0 aromatic heterocycles. The fourth-order valence-electron chi connectivity index (χ4n) is 3.00. The molecule has 0 spiro atoms. The molecule has 5 nitrogen and oxygen atoms in total. The molecule has 140 valence electrons. The van der Waals surface area contributed by atoms with Gasteiger partial charge in [-0.1, -0.05) is 23.7 Å². The SMILES string of the molecule is COc1ccc(C(CN(C)C)NCc2cc(Cl)c3c(c2)OCCO3)cc1. The Bertz CT molecular complexity index is 735. The zero-order chi connectivity index (χ0) is 18.5. The highest BCUT2D eigenvalue weighted by molar-refractivity contribution is 6.32. The van der Waals surface area contributed by atoms with Crippen LogP contribution in [0.25, 0.3) is 0 Å². The quantitative estimate of drug-likeness (QED) is 0.801. The molecule has 0 amide bonds. The van der Waals surface area contributed by atoms with Crippen molar-refractivity contribution >= 4 is 11.6 Å². The van der Waals surface area contributed by atoms with Crippen LogP contribution in [0.1, 0.15) is 17.2 Å². The number of likely N-dealkylation sites (N-methyl/N-ethyl adjacent to an activating group) is 1. The summed E-state index contributed by atoms with van der Waals surface area (Å²) in [7, 11) is 5.81. The van der Waals surface area contributed by atoms with Crippen molar-refractivity contribution < 1.29 is 14.2 Å². The monoisotopic (exact) mass is 376 g/mol. The summed E-state index contributed by atoms with van der Waals surface area (Å²) in [5.41, 5.74) is 2.28. The van der Waals surface area contributed by atoms with Gasteiger partial charge in [0.1, 0.15) is 19.0 Å². The maximum absolute atomic E-state index is 6.34. The van der Waals surface area contributed by atoms with E-state index in [0.29, 0.717) is 36.3 Å². The van der Waals surface area contributed by atoms with Gasteiger partial charge in [-0.05, 0) is 49.5 Å². The summed E-state index contributed by atoms with van der Waals surface area (Å²) in [5.74, 6) is 2.21. The number of benzene rings is 2. The molecule has 26 heavy (non-hydrogen) atoms. The van der Waals surface area contributed by atoms with Crippen molar-refractivity contribution in [3.8, 4) is 17.2 Å². The molecule has 1 aliphatic heterocycles. The molecule has 6 heteroatoms. The minimum absolute atomic E-state index is 0.183. The number of halogens is 1. The smallest absolute Gasteiger partial charge is 0.179 e. The summed E-state index contributed by atoms with van der Waals surface area (Å²) < 4.78 is 16.5. The molecule has 0 bridgehead atoms. The first-order valence-corrected chi connectivity index (χ1v) is 9.04. The lowest BCUT2D eigenvalue weighted by Gasteiger charge is -2.24. The molecule has 0 fully saturated rings. The number of nitrogens with zero attached hydrogens (tertiary/aromatic N) is 1. The van der Waals surface area contributed by atoms with E-state index in [1.54, 1.807) is 7.11 Å². The Kier molecular flexibility index (Phi) is 6.25. The van der Waals surface area contributed by atoms with Gasteiger partial charge in [0, 0.05) is 19.1 Å². The summed E-state index contributed by atoms with van der Waals surface area (Å²) in [5, 5.41) is 4.21. The molecular formula is C20H25ClN2O3. The average Bonchev–Trinajstić information content (AvgIpc) is 2.65. The van der Waals surface area contributed by atoms with Crippen LogP contribution in [0, 0.1) is 0 Å². The van der Waals surface area contributed by atoms with Crippen LogP contribution in [-0.2, 0) is 6.54 Å². The second-order valence-corrected chi connectivity index (χ2v) is 6.98. The van der Waals surface area contributed by atoms with Crippen molar-refractivity contribution in [2.75, 3.05) is 41.0 Å². The van der Waals surface area contributed by atoms with E-state index in [4.69, 9.17) is 25.8 Å². The van der Waals surface area contributed by atoms with Crippen LogP contribution in [0.5, 0.6) is 17.2 Å². The molecule has 1 aliphatic rings. The van der Waals surface area contributed by atoms with E-state index in [2.05, 4.69) is 36.4 Å². The highest BCUT2D eigenvalue weighted by Gasteiger charge is 2.18. The van der Waals surface area contributed by atoms with Gasteiger partial charge in [-0.25, -0.2) is 0 Å². The zero-order valence-corrected chi connectivity index (χ0v) is 16.2. The first-order valence-electron chi connectivity index (χ1n) is 8.67. The predicted molar refractivity (Wildman–Crippen MR) is 104 cm³/mol. The first-order chi connectivity index (χ1) is 12.6. The Labute approximate surface area is 159 Å². The minimum Gasteiger partial charge on any atom is -0.497 e. The van der Waals surface area contributed by atoms with Gasteiger partial charge in [0.15, 0.2) is 11.5 Å². The third-order valence-corrected chi connectivity index (χ3v) is 4.56. The Morgan fingerprint density at radius 3 is 2.58 bits per heavy atom. The van der Waals surface area contributed by atoms with Gasteiger partial charge in [-0.15, -0.1) is 0 Å². The van der Waals surface area contributed by atoms with Crippen molar-refractivity contribution in [2.24, 2.45) is 0 Å². The summed E-state index contributed by atoms with van der Waals surface area (Å²) >= 11 is 6.34. The van der Waals surface area contributed by atoms with E-state index in [9.17, 15) is 0 Å². The maximum atomic E-state index is 6.34. The lowest BCUT2D eigenvalue weighted by atomic mass is 10.1. The Balaban J connectivity index is 1.74. The molecular weight excluding hydrogens is 352 g/mol. The standard InChI is InChI=1S/C20H25ClN2O3/c1-23(2)13-18(15-4-6-16(24-3)7-5-15)22-12-14-10-17(21)20-19(11-14)25-8-9-26-20/h4-7,10-11,18,22H,8-9,12-13H2,1-3H3. The van der Waals surface area contributed by atoms with Crippen LogP contribution in [0.15, 0.2) is 36.4 Å². The molecule has 1 N–H and O–H groups in total. The summed E-state index contributed by atoms with van der Waals surface area (Å²) in [6.45, 7) is 2.65. The summed E-state index contributed by atoms with van der Waals surface area (Å²) in [6.07, 6.45) is 0. The molecule has 1 heterocycles. The molecule has 2 aromatic rings.